The molecule has 55 heavy (non-hydrogen) atoms. The van der Waals surface area contributed by atoms with Gasteiger partial charge in [0, 0.05) is 19.4 Å². The summed E-state index contributed by atoms with van der Waals surface area (Å²) in [6.07, 6.45) is 41.2. The standard InChI is InChI=1S/C49H97NO5/c1-5-9-13-15-24-34-46(32-22-11-7-3)38-44-54-48(52)36-26-17-19-28-40-50(42-30-21-31-43-51)41-29-20-18-27-37-49(53)55-45-39-47(33-23-12-8-4)35-25-16-14-10-6-2/h46-47,51H,5-45H2,1-4H3. The highest BCUT2D eigenvalue weighted by molar-refractivity contribution is 5.69. The van der Waals surface area contributed by atoms with Crippen LogP contribution in [0.3, 0.4) is 0 Å². The van der Waals surface area contributed by atoms with E-state index < -0.39 is 0 Å². The lowest BCUT2D eigenvalue weighted by Gasteiger charge is -2.22. The second-order valence-electron chi connectivity index (χ2n) is 17.1. The molecule has 0 saturated heterocycles. The molecule has 0 aromatic rings. The summed E-state index contributed by atoms with van der Waals surface area (Å²) in [6.45, 7) is 13.9. The van der Waals surface area contributed by atoms with Crippen molar-refractivity contribution in [1.82, 2.24) is 4.90 Å². The molecule has 0 aliphatic carbocycles. The number of unbranched alkanes of at least 4 members (excludes halogenated alkanes) is 20. The third-order valence-electron chi connectivity index (χ3n) is 11.8. The lowest BCUT2D eigenvalue weighted by Crippen LogP contribution is -2.27. The van der Waals surface area contributed by atoms with E-state index in [2.05, 4.69) is 32.6 Å². The average molecular weight is 780 g/mol. The summed E-state index contributed by atoms with van der Waals surface area (Å²) in [7, 11) is 0. The van der Waals surface area contributed by atoms with Crippen molar-refractivity contribution >= 4 is 11.9 Å². The van der Waals surface area contributed by atoms with Crippen LogP contribution in [0.2, 0.25) is 0 Å². The highest BCUT2D eigenvalue weighted by Crippen LogP contribution is 2.23. The van der Waals surface area contributed by atoms with Crippen molar-refractivity contribution < 1.29 is 24.2 Å². The van der Waals surface area contributed by atoms with Gasteiger partial charge in [-0.05, 0) is 89.3 Å². The molecule has 2 unspecified atom stereocenters. The summed E-state index contributed by atoms with van der Waals surface area (Å²) < 4.78 is 11.4. The maximum atomic E-state index is 12.5. The number of carbonyl (C=O) groups excluding carboxylic acids is 2. The van der Waals surface area contributed by atoms with Crippen molar-refractivity contribution in [1.29, 1.82) is 0 Å². The van der Waals surface area contributed by atoms with E-state index in [1.807, 2.05) is 0 Å². The van der Waals surface area contributed by atoms with E-state index >= 15 is 0 Å². The van der Waals surface area contributed by atoms with Crippen molar-refractivity contribution in [2.75, 3.05) is 39.5 Å². The zero-order valence-corrected chi connectivity index (χ0v) is 37.7. The maximum Gasteiger partial charge on any atom is 0.305 e. The first-order valence-corrected chi connectivity index (χ1v) is 24.6. The van der Waals surface area contributed by atoms with Gasteiger partial charge in [-0.25, -0.2) is 0 Å². The zero-order valence-electron chi connectivity index (χ0n) is 37.7. The van der Waals surface area contributed by atoms with Crippen LogP contribution in [0.25, 0.3) is 0 Å². The quantitative estimate of drug-likeness (QED) is 0.0490. The number of hydrogen-bond acceptors (Lipinski definition) is 6. The summed E-state index contributed by atoms with van der Waals surface area (Å²) in [4.78, 5) is 27.5. The Bertz CT molecular complexity index is 733. The number of aliphatic hydroxyl groups excluding tert-OH is 1. The number of ether oxygens (including phenoxy) is 2. The number of hydrogen-bond donors (Lipinski definition) is 1. The van der Waals surface area contributed by atoms with Gasteiger partial charge in [-0.2, -0.15) is 0 Å². The first-order chi connectivity index (χ1) is 27.0. The summed E-state index contributed by atoms with van der Waals surface area (Å²) in [5.41, 5.74) is 0. The van der Waals surface area contributed by atoms with Crippen LogP contribution >= 0.6 is 0 Å². The Morgan fingerprint density at radius 3 is 1.09 bits per heavy atom. The molecule has 0 bridgehead atoms. The number of aliphatic hydroxyl groups is 1. The molecule has 6 heteroatoms. The van der Waals surface area contributed by atoms with E-state index in [1.165, 1.54) is 128 Å². The van der Waals surface area contributed by atoms with Gasteiger partial charge in [-0.1, -0.05) is 182 Å². The summed E-state index contributed by atoms with van der Waals surface area (Å²) >= 11 is 0. The van der Waals surface area contributed by atoms with Crippen LogP contribution in [0.1, 0.15) is 252 Å². The van der Waals surface area contributed by atoms with Gasteiger partial charge in [0.2, 0.25) is 0 Å². The van der Waals surface area contributed by atoms with Crippen molar-refractivity contribution in [2.24, 2.45) is 11.8 Å². The van der Waals surface area contributed by atoms with Crippen molar-refractivity contribution in [3.8, 4) is 0 Å². The van der Waals surface area contributed by atoms with Gasteiger partial charge in [-0.3, -0.25) is 9.59 Å². The van der Waals surface area contributed by atoms with Gasteiger partial charge in [-0.15, -0.1) is 0 Å². The highest BCUT2D eigenvalue weighted by atomic mass is 16.5. The molecule has 0 aromatic carbocycles. The Kier molecular flexibility index (Phi) is 43.1. The predicted molar refractivity (Wildman–Crippen MR) is 237 cm³/mol. The molecule has 0 aromatic heterocycles. The molecule has 0 rings (SSSR count). The molecule has 0 aliphatic heterocycles. The molecule has 0 radical (unpaired) electrons. The third-order valence-corrected chi connectivity index (χ3v) is 11.8. The lowest BCUT2D eigenvalue weighted by atomic mass is 9.92. The second kappa shape index (κ2) is 44.0. The fraction of sp³-hybridized carbons (Fsp3) is 0.959. The molecule has 0 spiro atoms. The van der Waals surface area contributed by atoms with Crippen LogP contribution in [-0.4, -0.2) is 61.4 Å². The topological polar surface area (TPSA) is 76.1 Å². The molecule has 0 amide bonds. The van der Waals surface area contributed by atoms with E-state index in [0.717, 1.165) is 103 Å². The Balaban J connectivity index is 4.23. The van der Waals surface area contributed by atoms with E-state index in [4.69, 9.17) is 9.47 Å². The minimum absolute atomic E-state index is 0.0102. The van der Waals surface area contributed by atoms with Gasteiger partial charge in [0.1, 0.15) is 0 Å². The number of carbonyl (C=O) groups is 2. The normalized spacial score (nSPS) is 12.7. The Morgan fingerprint density at radius 2 is 0.709 bits per heavy atom. The summed E-state index contributed by atoms with van der Waals surface area (Å²) in [5, 5.41) is 9.21. The SMILES string of the molecule is CCCCCCCC(CCCCC)CCOC(=O)CCCCCCN(CCCCCO)CCCCCCC(=O)OCCC(CCCCC)CCCCCCC. The van der Waals surface area contributed by atoms with Gasteiger partial charge < -0.3 is 19.5 Å². The predicted octanol–water partition coefficient (Wildman–Crippen LogP) is 14.3. The number of nitrogens with zero attached hydrogens (tertiary/aromatic N) is 1. The molecular formula is C49H97NO5. The number of rotatable bonds is 45. The maximum absolute atomic E-state index is 12.5. The fourth-order valence-electron chi connectivity index (χ4n) is 8.00. The smallest absolute Gasteiger partial charge is 0.305 e. The molecule has 0 aliphatic rings. The van der Waals surface area contributed by atoms with E-state index in [1.54, 1.807) is 0 Å². The lowest BCUT2D eigenvalue weighted by molar-refractivity contribution is -0.145. The second-order valence-corrected chi connectivity index (χ2v) is 17.1. The summed E-state index contributed by atoms with van der Waals surface area (Å²) in [6, 6.07) is 0. The van der Waals surface area contributed by atoms with Crippen LogP contribution in [0.4, 0.5) is 0 Å². The van der Waals surface area contributed by atoms with Crippen molar-refractivity contribution in [2.45, 2.75) is 252 Å². The average Bonchev–Trinajstić information content (AvgIpc) is 3.18. The van der Waals surface area contributed by atoms with E-state index in [-0.39, 0.29) is 18.5 Å². The Morgan fingerprint density at radius 1 is 0.400 bits per heavy atom. The van der Waals surface area contributed by atoms with Crippen molar-refractivity contribution in [3.05, 3.63) is 0 Å². The van der Waals surface area contributed by atoms with E-state index in [9.17, 15) is 14.7 Å². The minimum Gasteiger partial charge on any atom is -0.466 e. The number of esters is 2. The largest absolute Gasteiger partial charge is 0.466 e. The highest BCUT2D eigenvalue weighted by Gasteiger charge is 2.13. The monoisotopic (exact) mass is 780 g/mol. The van der Waals surface area contributed by atoms with Gasteiger partial charge in [0.05, 0.1) is 13.2 Å². The molecule has 2 atom stereocenters. The van der Waals surface area contributed by atoms with Crippen molar-refractivity contribution in [3.63, 3.8) is 0 Å². The first-order valence-electron chi connectivity index (χ1n) is 24.6. The molecule has 0 saturated carbocycles. The van der Waals surface area contributed by atoms with Crippen LogP contribution in [0, 0.1) is 11.8 Å². The van der Waals surface area contributed by atoms with Crippen LogP contribution in [0.5, 0.6) is 0 Å². The fourth-order valence-corrected chi connectivity index (χ4v) is 8.00. The minimum atomic E-state index is -0.0102. The van der Waals surface area contributed by atoms with Crippen LogP contribution in [0.15, 0.2) is 0 Å². The molecule has 328 valence electrons. The third kappa shape index (κ3) is 39.5. The first kappa shape index (κ1) is 53.9. The Hall–Kier alpha value is -1.14. The molecular weight excluding hydrogens is 683 g/mol. The molecule has 1 N–H and O–H groups in total. The molecule has 0 fully saturated rings. The van der Waals surface area contributed by atoms with Crippen LogP contribution in [-0.2, 0) is 19.1 Å². The van der Waals surface area contributed by atoms with E-state index in [0.29, 0.717) is 37.9 Å². The van der Waals surface area contributed by atoms with Gasteiger partial charge in [0.15, 0.2) is 0 Å². The molecule has 6 nitrogen and oxygen atoms in total. The van der Waals surface area contributed by atoms with Gasteiger partial charge >= 0.3 is 11.9 Å². The Labute approximate surface area is 343 Å². The van der Waals surface area contributed by atoms with Gasteiger partial charge in [0.25, 0.3) is 0 Å². The zero-order chi connectivity index (χ0) is 40.3. The summed E-state index contributed by atoms with van der Waals surface area (Å²) in [5.74, 6) is 1.39. The molecule has 0 heterocycles. The van der Waals surface area contributed by atoms with Crippen LogP contribution < -0.4 is 0 Å².